The molecule has 0 aliphatic rings. The molecule has 0 saturated heterocycles. The van der Waals surface area contributed by atoms with Gasteiger partial charge in [-0.3, -0.25) is 4.68 Å². The van der Waals surface area contributed by atoms with Crippen LogP contribution in [0.2, 0.25) is 0 Å². The number of imidazole rings is 1. The number of fused-ring (bicyclic) bond motifs is 1. The Balaban J connectivity index is 1.32. The fourth-order valence-corrected chi connectivity index (χ4v) is 4.59. The number of halogens is 7. The van der Waals surface area contributed by atoms with E-state index in [0.29, 0.717) is 41.4 Å². The molecule has 3 aromatic heterocycles. The summed E-state index contributed by atoms with van der Waals surface area (Å²) in [6, 6.07) is 9.49. The molecule has 43 heavy (non-hydrogen) atoms. The molecule has 5 rings (SSSR count). The number of hydrogen-bond acceptors (Lipinski definition) is 6. The van der Waals surface area contributed by atoms with Crippen molar-refractivity contribution in [2.45, 2.75) is 38.2 Å². The van der Waals surface area contributed by atoms with E-state index in [2.05, 4.69) is 25.4 Å². The first-order valence-corrected chi connectivity index (χ1v) is 12.9. The van der Waals surface area contributed by atoms with Gasteiger partial charge in [-0.2, -0.15) is 31.4 Å². The second-order valence-corrected chi connectivity index (χ2v) is 9.78. The third-order valence-corrected chi connectivity index (χ3v) is 6.77. The molecular weight excluding hydrogens is 583 g/mol. The van der Waals surface area contributed by atoms with E-state index in [9.17, 15) is 26.3 Å². The van der Waals surface area contributed by atoms with Gasteiger partial charge in [0.05, 0.1) is 28.3 Å². The van der Waals surface area contributed by atoms with Gasteiger partial charge in [0, 0.05) is 44.5 Å². The number of aromatic nitrogens is 6. The molecule has 0 aliphatic heterocycles. The van der Waals surface area contributed by atoms with Gasteiger partial charge in [0.2, 0.25) is 5.95 Å². The van der Waals surface area contributed by atoms with Crippen LogP contribution < -0.4 is 10.1 Å². The zero-order valence-electron chi connectivity index (χ0n) is 22.9. The molecule has 1 N–H and O–H groups in total. The second-order valence-electron chi connectivity index (χ2n) is 9.78. The topological polar surface area (TPSA) is 82.7 Å². The Labute approximate surface area is 240 Å². The van der Waals surface area contributed by atoms with E-state index >= 15 is 4.39 Å². The number of alkyl halides is 6. The van der Waals surface area contributed by atoms with Crippen LogP contribution in [-0.4, -0.2) is 29.3 Å². The summed E-state index contributed by atoms with van der Waals surface area (Å²) in [7, 11) is 3.00. The van der Waals surface area contributed by atoms with E-state index in [-0.39, 0.29) is 23.9 Å². The summed E-state index contributed by atoms with van der Waals surface area (Å²) in [6.45, 7) is 1.85. The first-order chi connectivity index (χ1) is 20.2. The van der Waals surface area contributed by atoms with Crippen molar-refractivity contribution < 1.29 is 35.5 Å². The van der Waals surface area contributed by atoms with Crippen LogP contribution in [0.25, 0.3) is 11.0 Å². The first kappa shape index (κ1) is 29.8. The highest BCUT2D eigenvalue weighted by atomic mass is 19.4. The lowest BCUT2D eigenvalue weighted by Crippen LogP contribution is -2.14. The maximum absolute atomic E-state index is 15.2. The third kappa shape index (κ3) is 6.39. The van der Waals surface area contributed by atoms with Gasteiger partial charge in [0.15, 0.2) is 0 Å². The molecule has 1 atom stereocenters. The van der Waals surface area contributed by atoms with Crippen molar-refractivity contribution in [2.75, 3.05) is 5.32 Å². The molecule has 0 saturated carbocycles. The minimum absolute atomic E-state index is 0.00128. The van der Waals surface area contributed by atoms with Crippen LogP contribution in [0.15, 0.2) is 54.9 Å². The Morgan fingerprint density at radius 3 is 2.26 bits per heavy atom. The van der Waals surface area contributed by atoms with E-state index in [1.165, 1.54) is 19.2 Å². The Morgan fingerprint density at radius 1 is 0.930 bits per heavy atom. The van der Waals surface area contributed by atoms with Gasteiger partial charge in [-0.05, 0) is 36.2 Å². The summed E-state index contributed by atoms with van der Waals surface area (Å²) in [5.74, 6) is -0.186. The number of nitrogens with zero attached hydrogens (tertiary/aromatic N) is 6. The smallest absolute Gasteiger partial charge is 0.424 e. The maximum Gasteiger partial charge on any atom is 0.433 e. The van der Waals surface area contributed by atoms with Crippen molar-refractivity contribution in [1.82, 2.24) is 29.3 Å². The SMILES string of the molecule is CCC(Nc1nc2ccc(Cc3cc(C(F)(F)F)n(C)n3)cc2n1C)c1ccc(Oc2ncc(C(F)(F)F)cn2)cc1F. The van der Waals surface area contributed by atoms with Crippen LogP contribution in [0.5, 0.6) is 11.8 Å². The van der Waals surface area contributed by atoms with Gasteiger partial charge < -0.3 is 14.6 Å². The van der Waals surface area contributed by atoms with E-state index < -0.39 is 35.5 Å². The fourth-order valence-electron chi connectivity index (χ4n) is 4.59. The molecule has 5 aromatic rings. The van der Waals surface area contributed by atoms with Crippen LogP contribution in [0, 0.1) is 5.82 Å². The van der Waals surface area contributed by atoms with Crippen molar-refractivity contribution in [1.29, 1.82) is 0 Å². The highest BCUT2D eigenvalue weighted by molar-refractivity contribution is 5.79. The monoisotopic (exact) mass is 607 g/mol. The zero-order chi connectivity index (χ0) is 31.1. The molecule has 3 heterocycles. The standard InChI is InChI=1S/C28H24F7N7O/c1-4-21(19-7-6-18(12-20(19)29)43-26-36-13-16(14-37-26)27(30,31)32)38-25-39-22-8-5-15(10-23(22)41(25)2)9-17-11-24(28(33,34)35)42(3)40-17/h5-8,10-14,21H,4,9H2,1-3H3,(H,38,39). The van der Waals surface area contributed by atoms with Crippen LogP contribution in [0.1, 0.15) is 47.5 Å². The normalized spacial score (nSPS) is 13.0. The van der Waals surface area contributed by atoms with Gasteiger partial charge in [-0.1, -0.05) is 19.1 Å². The Hall–Kier alpha value is -4.69. The zero-order valence-corrected chi connectivity index (χ0v) is 22.9. The summed E-state index contributed by atoms with van der Waals surface area (Å²) < 4.78 is 101. The molecule has 8 nitrogen and oxygen atoms in total. The van der Waals surface area contributed by atoms with Crippen molar-refractivity contribution in [3.63, 3.8) is 0 Å². The first-order valence-electron chi connectivity index (χ1n) is 12.9. The summed E-state index contributed by atoms with van der Waals surface area (Å²) >= 11 is 0. The molecule has 0 aliphatic carbocycles. The number of aryl methyl sites for hydroxylation is 2. The quantitative estimate of drug-likeness (QED) is 0.188. The predicted octanol–water partition coefficient (Wildman–Crippen LogP) is 7.22. The van der Waals surface area contributed by atoms with Crippen molar-refractivity contribution in [3.05, 3.63) is 88.8 Å². The molecular formula is C28H24F7N7O. The van der Waals surface area contributed by atoms with Gasteiger partial charge in [0.25, 0.3) is 0 Å². The highest BCUT2D eigenvalue weighted by Crippen LogP contribution is 2.32. The van der Waals surface area contributed by atoms with Gasteiger partial charge >= 0.3 is 18.4 Å². The van der Waals surface area contributed by atoms with Crippen LogP contribution in [-0.2, 0) is 32.9 Å². The lowest BCUT2D eigenvalue weighted by atomic mass is 10.0. The second kappa shape index (κ2) is 11.2. The van der Waals surface area contributed by atoms with Crippen molar-refractivity contribution in [3.8, 4) is 11.8 Å². The lowest BCUT2D eigenvalue weighted by molar-refractivity contribution is -0.143. The van der Waals surface area contributed by atoms with Gasteiger partial charge in [-0.25, -0.2) is 19.3 Å². The van der Waals surface area contributed by atoms with Crippen LogP contribution in [0.4, 0.5) is 36.7 Å². The summed E-state index contributed by atoms with van der Waals surface area (Å²) in [6.07, 6.45) is -7.30. The van der Waals surface area contributed by atoms with E-state index in [0.717, 1.165) is 22.4 Å². The summed E-state index contributed by atoms with van der Waals surface area (Å²) in [5, 5.41) is 7.21. The van der Waals surface area contributed by atoms with Crippen molar-refractivity contribution in [2.24, 2.45) is 14.1 Å². The van der Waals surface area contributed by atoms with E-state index in [4.69, 9.17) is 4.74 Å². The number of benzene rings is 2. The molecule has 0 fully saturated rings. The van der Waals surface area contributed by atoms with E-state index in [1.54, 1.807) is 23.7 Å². The maximum atomic E-state index is 15.2. The minimum Gasteiger partial charge on any atom is -0.424 e. The van der Waals surface area contributed by atoms with Gasteiger partial charge in [0.1, 0.15) is 17.3 Å². The molecule has 226 valence electrons. The van der Waals surface area contributed by atoms with Crippen molar-refractivity contribution >= 4 is 17.0 Å². The molecule has 0 bridgehead atoms. The third-order valence-electron chi connectivity index (χ3n) is 6.77. The Morgan fingerprint density at radius 2 is 1.65 bits per heavy atom. The average molecular weight is 608 g/mol. The number of anilines is 1. The fraction of sp³-hybridized carbons (Fsp3) is 0.286. The molecule has 0 amide bonds. The summed E-state index contributed by atoms with van der Waals surface area (Å²) in [4.78, 5) is 11.6. The van der Waals surface area contributed by atoms with Crippen LogP contribution >= 0.6 is 0 Å². The molecule has 0 radical (unpaired) electrons. The van der Waals surface area contributed by atoms with E-state index in [1.807, 2.05) is 13.0 Å². The number of ether oxygens (including phenoxy) is 1. The molecule has 1 unspecified atom stereocenters. The number of nitrogens with one attached hydrogen (secondary N) is 1. The average Bonchev–Trinajstić information content (AvgIpc) is 3.46. The molecule has 2 aromatic carbocycles. The highest BCUT2D eigenvalue weighted by Gasteiger charge is 2.35. The number of hydrogen-bond donors (Lipinski definition) is 1. The lowest BCUT2D eigenvalue weighted by Gasteiger charge is -2.19. The van der Waals surface area contributed by atoms with Crippen LogP contribution in [0.3, 0.4) is 0 Å². The molecule has 15 heteroatoms. The largest absolute Gasteiger partial charge is 0.433 e. The van der Waals surface area contributed by atoms with Gasteiger partial charge in [-0.15, -0.1) is 0 Å². The Bertz CT molecular complexity index is 1760. The predicted molar refractivity (Wildman–Crippen MR) is 142 cm³/mol. The Kier molecular flexibility index (Phi) is 7.75. The minimum atomic E-state index is -4.60. The number of rotatable bonds is 8. The summed E-state index contributed by atoms with van der Waals surface area (Å²) in [5.41, 5.74) is 0.772. The molecule has 0 spiro atoms.